The molecule has 0 amide bonds. The Morgan fingerprint density at radius 3 is 2.85 bits per heavy atom. The maximum absolute atomic E-state index is 13.3. The van der Waals surface area contributed by atoms with Gasteiger partial charge in [-0.25, -0.2) is 4.39 Å². The highest BCUT2D eigenvalue weighted by atomic mass is 32.2. The Morgan fingerprint density at radius 2 is 2.31 bits per heavy atom. The summed E-state index contributed by atoms with van der Waals surface area (Å²) in [7, 11) is 0. The van der Waals surface area contributed by atoms with Gasteiger partial charge in [-0.05, 0) is 19.1 Å². The summed E-state index contributed by atoms with van der Waals surface area (Å²) in [6, 6.07) is 5.06. The number of rotatable bonds is 1. The van der Waals surface area contributed by atoms with Crippen LogP contribution < -0.4 is 0 Å². The highest BCUT2D eigenvalue weighted by Crippen LogP contribution is 2.37. The molecule has 2 atom stereocenters. The summed E-state index contributed by atoms with van der Waals surface area (Å²) in [4.78, 5) is 8.27. The van der Waals surface area contributed by atoms with Gasteiger partial charge in [0.25, 0.3) is 0 Å². The van der Waals surface area contributed by atoms with Crippen LogP contribution in [0.25, 0.3) is 0 Å². The average molecular weight is 196 g/mol. The fourth-order valence-electron chi connectivity index (χ4n) is 1.26. The molecule has 0 aromatic carbocycles. The molecule has 0 radical (unpaired) electrons. The van der Waals surface area contributed by atoms with Gasteiger partial charge in [0.05, 0.1) is 10.7 Å². The maximum atomic E-state index is 13.3. The van der Waals surface area contributed by atoms with Gasteiger partial charge >= 0.3 is 0 Å². The van der Waals surface area contributed by atoms with E-state index in [0.29, 0.717) is 5.69 Å². The lowest BCUT2D eigenvalue weighted by atomic mass is 10.2. The van der Waals surface area contributed by atoms with E-state index in [0.717, 1.165) is 5.04 Å². The summed E-state index contributed by atoms with van der Waals surface area (Å²) < 4.78 is 13.3. The Bertz CT molecular complexity index is 326. The van der Waals surface area contributed by atoms with Gasteiger partial charge in [-0.1, -0.05) is 17.8 Å². The monoisotopic (exact) mass is 196 g/mol. The fourth-order valence-corrected chi connectivity index (χ4v) is 2.09. The van der Waals surface area contributed by atoms with Gasteiger partial charge < -0.3 is 0 Å². The van der Waals surface area contributed by atoms with Crippen LogP contribution in [0.4, 0.5) is 4.39 Å². The Labute approximate surface area is 80.3 Å². The molecule has 0 spiro atoms. The van der Waals surface area contributed by atoms with Crippen molar-refractivity contribution in [2.24, 2.45) is 4.99 Å². The van der Waals surface area contributed by atoms with Gasteiger partial charge in [0.2, 0.25) is 0 Å². The van der Waals surface area contributed by atoms with Gasteiger partial charge in [0, 0.05) is 6.20 Å². The van der Waals surface area contributed by atoms with E-state index in [9.17, 15) is 4.39 Å². The van der Waals surface area contributed by atoms with Crippen LogP contribution in [0.5, 0.6) is 0 Å². The summed E-state index contributed by atoms with van der Waals surface area (Å²) in [6.45, 7) is 1.82. The molecular formula is C9H9FN2S. The third-order valence-corrected chi connectivity index (χ3v) is 2.77. The molecule has 0 saturated carbocycles. The molecule has 2 rings (SSSR count). The molecule has 0 N–H and O–H groups in total. The summed E-state index contributed by atoms with van der Waals surface area (Å²) >= 11 is 1.17. The molecule has 2 heterocycles. The normalized spacial score (nSPS) is 27.4. The van der Waals surface area contributed by atoms with Gasteiger partial charge in [-0.3, -0.25) is 9.98 Å². The zero-order valence-electron chi connectivity index (χ0n) is 7.14. The second-order valence-corrected chi connectivity index (χ2v) is 4.09. The summed E-state index contributed by atoms with van der Waals surface area (Å²) in [5, 5.41) is 0.795. The quantitative estimate of drug-likeness (QED) is 0.689. The number of nitrogens with zero attached hydrogens (tertiary/aromatic N) is 2. The van der Waals surface area contributed by atoms with Crippen LogP contribution in [-0.4, -0.2) is 15.5 Å². The minimum atomic E-state index is -0.977. The first kappa shape index (κ1) is 8.69. The summed E-state index contributed by atoms with van der Waals surface area (Å²) in [6.07, 6.45) is 1.66. The van der Waals surface area contributed by atoms with E-state index in [4.69, 9.17) is 0 Å². The van der Waals surface area contributed by atoms with E-state index in [-0.39, 0.29) is 0 Å². The second kappa shape index (κ2) is 3.46. The molecule has 1 aliphatic heterocycles. The van der Waals surface area contributed by atoms with Crippen molar-refractivity contribution in [2.75, 3.05) is 0 Å². The largest absolute Gasteiger partial charge is 0.269 e. The maximum Gasteiger partial charge on any atom is 0.179 e. The van der Waals surface area contributed by atoms with E-state index in [1.165, 1.54) is 11.8 Å². The standard InChI is InChI=1S/C9H9FN2S/c1-6-12-8(9(10)13-6)7-4-2-3-5-11-7/h2-5,8-9H,1H3. The molecule has 0 aliphatic carbocycles. The predicted octanol–water partition coefficient (Wildman–Crippen LogP) is 2.58. The van der Waals surface area contributed by atoms with Crippen LogP contribution in [0.15, 0.2) is 29.4 Å². The molecule has 68 valence electrons. The van der Waals surface area contributed by atoms with Crippen LogP contribution in [-0.2, 0) is 0 Å². The lowest BCUT2D eigenvalue weighted by Gasteiger charge is -2.07. The van der Waals surface area contributed by atoms with Crippen molar-refractivity contribution < 1.29 is 4.39 Å². The number of hydrogen-bond donors (Lipinski definition) is 0. The molecule has 13 heavy (non-hydrogen) atoms. The van der Waals surface area contributed by atoms with Crippen LogP contribution in [0, 0.1) is 0 Å². The van der Waals surface area contributed by atoms with Crippen LogP contribution >= 0.6 is 11.8 Å². The first-order chi connectivity index (χ1) is 6.27. The number of aliphatic imine (C=N–C) groups is 1. The van der Waals surface area contributed by atoms with Crippen LogP contribution in [0.1, 0.15) is 18.7 Å². The van der Waals surface area contributed by atoms with Crippen molar-refractivity contribution in [2.45, 2.75) is 18.5 Å². The molecule has 0 bridgehead atoms. The third-order valence-electron chi connectivity index (χ3n) is 1.84. The molecular weight excluding hydrogens is 187 g/mol. The molecule has 1 aliphatic rings. The number of halogens is 1. The van der Waals surface area contributed by atoms with E-state index in [1.807, 2.05) is 19.1 Å². The Kier molecular flexibility index (Phi) is 2.31. The Hall–Kier alpha value is -0.900. The topological polar surface area (TPSA) is 25.2 Å². The van der Waals surface area contributed by atoms with Crippen molar-refractivity contribution in [3.05, 3.63) is 30.1 Å². The summed E-state index contributed by atoms with van der Waals surface area (Å²) in [5.74, 6) is 0. The van der Waals surface area contributed by atoms with Gasteiger partial charge in [-0.2, -0.15) is 0 Å². The predicted molar refractivity (Wildman–Crippen MR) is 52.6 cm³/mol. The fraction of sp³-hybridized carbons (Fsp3) is 0.333. The third kappa shape index (κ3) is 1.72. The van der Waals surface area contributed by atoms with E-state index >= 15 is 0 Å². The molecule has 0 fully saturated rings. The van der Waals surface area contributed by atoms with E-state index in [2.05, 4.69) is 9.98 Å². The lowest BCUT2D eigenvalue weighted by molar-refractivity contribution is 0.399. The number of pyridine rings is 1. The Morgan fingerprint density at radius 1 is 1.46 bits per heavy atom. The molecule has 4 heteroatoms. The molecule has 2 nitrogen and oxygen atoms in total. The zero-order chi connectivity index (χ0) is 9.26. The highest BCUT2D eigenvalue weighted by molar-refractivity contribution is 8.14. The molecule has 1 aromatic rings. The van der Waals surface area contributed by atoms with Crippen molar-refractivity contribution in [3.63, 3.8) is 0 Å². The van der Waals surface area contributed by atoms with Crippen molar-refractivity contribution >= 4 is 16.8 Å². The van der Waals surface area contributed by atoms with Crippen LogP contribution in [0.2, 0.25) is 0 Å². The highest BCUT2D eigenvalue weighted by Gasteiger charge is 2.30. The molecule has 0 saturated heterocycles. The minimum Gasteiger partial charge on any atom is -0.269 e. The van der Waals surface area contributed by atoms with Gasteiger partial charge in [0.15, 0.2) is 5.50 Å². The number of alkyl halides is 1. The van der Waals surface area contributed by atoms with Crippen molar-refractivity contribution in [1.29, 1.82) is 0 Å². The molecule has 2 unspecified atom stereocenters. The van der Waals surface area contributed by atoms with E-state index in [1.54, 1.807) is 12.3 Å². The molecule has 1 aromatic heterocycles. The Balaban J connectivity index is 2.27. The van der Waals surface area contributed by atoms with Crippen LogP contribution in [0.3, 0.4) is 0 Å². The smallest absolute Gasteiger partial charge is 0.179 e. The second-order valence-electron chi connectivity index (χ2n) is 2.82. The van der Waals surface area contributed by atoms with Crippen molar-refractivity contribution in [3.8, 4) is 0 Å². The van der Waals surface area contributed by atoms with Gasteiger partial charge in [-0.15, -0.1) is 0 Å². The number of thioether (sulfide) groups is 1. The average Bonchev–Trinajstić information content (AvgIpc) is 2.47. The first-order valence-electron chi connectivity index (χ1n) is 4.03. The zero-order valence-corrected chi connectivity index (χ0v) is 7.96. The first-order valence-corrected chi connectivity index (χ1v) is 4.91. The SMILES string of the molecule is CC1=NC(c2ccccn2)C(F)S1. The summed E-state index contributed by atoms with van der Waals surface area (Å²) in [5.41, 5.74) is -0.269. The number of hydrogen-bond acceptors (Lipinski definition) is 3. The minimum absolute atomic E-state index is 0.411. The van der Waals surface area contributed by atoms with Crippen molar-refractivity contribution in [1.82, 2.24) is 4.98 Å². The van der Waals surface area contributed by atoms with E-state index < -0.39 is 11.5 Å². The lowest BCUT2D eigenvalue weighted by Crippen LogP contribution is -2.04. The van der Waals surface area contributed by atoms with Gasteiger partial charge in [0.1, 0.15) is 6.04 Å². The number of aromatic nitrogens is 1.